The minimum Gasteiger partial charge on any atom is -0.508 e. The molecule has 34 heavy (non-hydrogen) atoms. The maximum absolute atomic E-state index is 13.2. The number of hydrogen-bond donors (Lipinski definition) is 7. The second-order valence-electron chi connectivity index (χ2n) is 8.23. The molecule has 5 rings (SSSR count). The number of phenolic OH excluding ortho intramolecular Hbond substituents is 3. The zero-order valence-corrected chi connectivity index (χ0v) is 17.3. The van der Waals surface area contributed by atoms with Gasteiger partial charge in [-0.15, -0.1) is 0 Å². The van der Waals surface area contributed by atoms with Crippen molar-refractivity contribution < 1.29 is 50.1 Å². The number of benzene rings is 3. The lowest BCUT2D eigenvalue weighted by Crippen LogP contribution is -2.25. The molecule has 0 bridgehead atoms. The number of ketones is 2. The molecule has 0 aliphatic heterocycles. The second kappa shape index (κ2) is 6.80. The summed E-state index contributed by atoms with van der Waals surface area (Å²) in [5, 5.41) is 72.9. The van der Waals surface area contributed by atoms with Crippen LogP contribution < -0.4 is 0 Å². The van der Waals surface area contributed by atoms with E-state index in [-0.39, 0.29) is 38.9 Å². The maximum Gasteiger partial charge on any atom is 0.339 e. The molecule has 10 heteroatoms. The van der Waals surface area contributed by atoms with Crippen LogP contribution in [0.1, 0.15) is 71.1 Å². The van der Waals surface area contributed by atoms with Crippen molar-refractivity contribution in [1.29, 1.82) is 0 Å². The summed E-state index contributed by atoms with van der Waals surface area (Å²) in [4.78, 5) is 38.1. The van der Waals surface area contributed by atoms with E-state index in [4.69, 9.17) is 0 Å². The monoisotopic (exact) mass is 464 g/mol. The number of carboxylic acid groups (broad SMARTS) is 1. The first-order valence-corrected chi connectivity index (χ1v) is 9.97. The van der Waals surface area contributed by atoms with E-state index in [1.807, 2.05) is 0 Å². The van der Waals surface area contributed by atoms with Crippen LogP contribution in [0.5, 0.6) is 23.0 Å². The quantitative estimate of drug-likeness (QED) is 0.219. The fraction of sp³-hybridized carbons (Fsp3) is 0.125. The molecule has 0 spiro atoms. The van der Waals surface area contributed by atoms with E-state index < -0.39 is 69.4 Å². The predicted molar refractivity (Wildman–Crippen MR) is 113 cm³/mol. The van der Waals surface area contributed by atoms with Gasteiger partial charge >= 0.3 is 5.97 Å². The van der Waals surface area contributed by atoms with Crippen molar-refractivity contribution in [2.24, 2.45) is 0 Å². The fourth-order valence-corrected chi connectivity index (χ4v) is 4.83. The van der Waals surface area contributed by atoms with Crippen molar-refractivity contribution in [2.45, 2.75) is 19.1 Å². The molecular weight excluding hydrogens is 448 g/mol. The van der Waals surface area contributed by atoms with Gasteiger partial charge in [0, 0.05) is 28.3 Å². The standard InChI is InChI=1S/C24H16O10/c1-6-2-8-15(22(31)13(6)24(33)34)16-10(21(30)20(8)29)5-11-17(23(16)32)19(28)9-3-7(25)4-12(26)14(9)18(11)27/h2-5,20-21,25-26,29-32H,1H3,(H,33,34). The number of carbonyl (C=O) groups excluding carboxylic acids is 2. The molecule has 2 aliphatic rings. The number of hydrogen-bond acceptors (Lipinski definition) is 9. The van der Waals surface area contributed by atoms with Gasteiger partial charge < -0.3 is 35.7 Å². The van der Waals surface area contributed by atoms with Gasteiger partial charge in [0.2, 0.25) is 0 Å². The average molecular weight is 464 g/mol. The average Bonchev–Trinajstić information content (AvgIpc) is 2.74. The Bertz CT molecular complexity index is 1500. The third-order valence-electron chi connectivity index (χ3n) is 6.31. The number of carboxylic acids is 1. The van der Waals surface area contributed by atoms with E-state index in [1.54, 1.807) is 0 Å². The van der Waals surface area contributed by atoms with Crippen molar-refractivity contribution in [3.8, 4) is 34.1 Å². The molecule has 7 N–H and O–H groups in total. The molecule has 2 unspecified atom stereocenters. The summed E-state index contributed by atoms with van der Waals surface area (Å²) in [7, 11) is 0. The summed E-state index contributed by atoms with van der Waals surface area (Å²) >= 11 is 0. The van der Waals surface area contributed by atoms with Gasteiger partial charge in [-0.2, -0.15) is 0 Å². The van der Waals surface area contributed by atoms with Crippen LogP contribution in [-0.4, -0.2) is 53.3 Å². The van der Waals surface area contributed by atoms with Gasteiger partial charge in [-0.05, 0) is 35.7 Å². The van der Waals surface area contributed by atoms with Crippen molar-refractivity contribution >= 4 is 17.5 Å². The Hall–Kier alpha value is -4.41. The Morgan fingerprint density at radius 3 is 1.88 bits per heavy atom. The number of phenols is 4. The Morgan fingerprint density at radius 1 is 0.735 bits per heavy atom. The summed E-state index contributed by atoms with van der Waals surface area (Å²) in [6.45, 7) is 1.38. The van der Waals surface area contributed by atoms with Gasteiger partial charge in [-0.1, -0.05) is 6.07 Å². The van der Waals surface area contributed by atoms with Gasteiger partial charge in [0.05, 0.1) is 11.1 Å². The van der Waals surface area contributed by atoms with E-state index in [0.717, 1.165) is 18.2 Å². The Balaban J connectivity index is 1.90. The van der Waals surface area contributed by atoms with Crippen LogP contribution >= 0.6 is 0 Å². The molecular formula is C24H16O10. The van der Waals surface area contributed by atoms with Crippen LogP contribution in [0.4, 0.5) is 0 Å². The zero-order valence-electron chi connectivity index (χ0n) is 17.3. The van der Waals surface area contributed by atoms with E-state index in [2.05, 4.69) is 0 Å². The second-order valence-corrected chi connectivity index (χ2v) is 8.23. The highest BCUT2D eigenvalue weighted by molar-refractivity contribution is 6.31. The van der Waals surface area contributed by atoms with E-state index in [9.17, 15) is 50.1 Å². The molecule has 3 aromatic carbocycles. The molecule has 0 heterocycles. The smallest absolute Gasteiger partial charge is 0.339 e. The number of fused-ring (bicyclic) bond motifs is 5. The number of rotatable bonds is 1. The number of aliphatic hydroxyl groups excluding tert-OH is 2. The number of aliphatic hydroxyl groups is 2. The molecule has 10 nitrogen and oxygen atoms in total. The van der Waals surface area contributed by atoms with Gasteiger partial charge in [0.1, 0.15) is 40.8 Å². The highest BCUT2D eigenvalue weighted by Crippen LogP contribution is 2.55. The van der Waals surface area contributed by atoms with Crippen molar-refractivity contribution in [1.82, 2.24) is 0 Å². The highest BCUT2D eigenvalue weighted by Gasteiger charge is 2.42. The SMILES string of the molecule is Cc1cc2c(c(O)c1C(=O)O)-c1c(cc3c(c1O)C(=O)c1cc(O)cc(O)c1C3=O)C(O)C2O. The molecule has 0 saturated carbocycles. The lowest BCUT2D eigenvalue weighted by atomic mass is 9.74. The lowest BCUT2D eigenvalue weighted by Gasteiger charge is -2.33. The summed E-state index contributed by atoms with van der Waals surface area (Å²) < 4.78 is 0. The summed E-state index contributed by atoms with van der Waals surface area (Å²) in [5.41, 5.74) is -3.04. The number of aromatic carboxylic acids is 1. The minimum absolute atomic E-state index is 0.0828. The molecule has 2 aliphatic carbocycles. The Kier molecular flexibility index (Phi) is 4.28. The van der Waals surface area contributed by atoms with Crippen LogP contribution in [-0.2, 0) is 0 Å². The Labute approximate surface area is 190 Å². The molecule has 0 aromatic heterocycles. The molecule has 172 valence electrons. The first-order chi connectivity index (χ1) is 16.0. The van der Waals surface area contributed by atoms with E-state index in [1.165, 1.54) is 13.0 Å². The predicted octanol–water partition coefficient (Wildman–Crippen LogP) is 2.04. The van der Waals surface area contributed by atoms with Crippen LogP contribution in [0.25, 0.3) is 11.1 Å². The lowest BCUT2D eigenvalue weighted by molar-refractivity contribution is 0.0154. The van der Waals surface area contributed by atoms with Gasteiger partial charge in [-0.25, -0.2) is 4.79 Å². The Morgan fingerprint density at radius 2 is 1.26 bits per heavy atom. The normalized spacial score (nSPS) is 18.1. The van der Waals surface area contributed by atoms with Crippen molar-refractivity contribution in [3.63, 3.8) is 0 Å². The summed E-state index contributed by atoms with van der Waals surface area (Å²) in [6, 6.07) is 4.12. The van der Waals surface area contributed by atoms with Crippen LogP contribution in [0, 0.1) is 6.92 Å². The molecule has 3 aromatic rings. The molecule has 0 fully saturated rings. The number of carbonyl (C=O) groups is 3. The summed E-state index contributed by atoms with van der Waals surface area (Å²) in [6.07, 6.45) is -3.36. The molecule has 2 atom stereocenters. The fourth-order valence-electron chi connectivity index (χ4n) is 4.83. The topological polar surface area (TPSA) is 193 Å². The largest absolute Gasteiger partial charge is 0.508 e. The van der Waals surface area contributed by atoms with Crippen molar-refractivity contribution in [2.75, 3.05) is 0 Å². The first-order valence-electron chi connectivity index (χ1n) is 9.97. The third-order valence-corrected chi connectivity index (χ3v) is 6.31. The van der Waals surface area contributed by atoms with E-state index >= 15 is 0 Å². The van der Waals surface area contributed by atoms with Crippen LogP contribution in [0.2, 0.25) is 0 Å². The molecule has 0 radical (unpaired) electrons. The zero-order chi connectivity index (χ0) is 24.8. The van der Waals surface area contributed by atoms with Gasteiger partial charge in [0.15, 0.2) is 11.6 Å². The summed E-state index contributed by atoms with van der Waals surface area (Å²) in [5.74, 6) is -6.08. The van der Waals surface area contributed by atoms with E-state index in [0.29, 0.717) is 0 Å². The highest BCUT2D eigenvalue weighted by atomic mass is 16.4. The van der Waals surface area contributed by atoms with Crippen LogP contribution in [0.15, 0.2) is 24.3 Å². The number of aryl methyl sites for hydroxylation is 1. The van der Waals surface area contributed by atoms with Crippen molar-refractivity contribution in [3.05, 3.63) is 68.8 Å². The van der Waals surface area contributed by atoms with Gasteiger partial charge in [-0.3, -0.25) is 9.59 Å². The molecule has 0 amide bonds. The number of aromatic hydroxyl groups is 4. The van der Waals surface area contributed by atoms with Crippen LogP contribution in [0.3, 0.4) is 0 Å². The maximum atomic E-state index is 13.2. The first kappa shape index (κ1) is 21.4. The minimum atomic E-state index is -1.70. The third kappa shape index (κ3) is 2.54. The van der Waals surface area contributed by atoms with Gasteiger partial charge in [0.25, 0.3) is 0 Å². The molecule has 0 saturated heterocycles.